The van der Waals surface area contributed by atoms with Crippen molar-refractivity contribution in [2.75, 3.05) is 0 Å². The number of carboxylic acids is 1. The Bertz CT molecular complexity index is 372. The second-order valence-corrected chi connectivity index (χ2v) is 6.86. The zero-order valence-corrected chi connectivity index (χ0v) is 11.3. The highest BCUT2D eigenvalue weighted by atomic mass is 16.4. The van der Waals surface area contributed by atoms with E-state index in [1.54, 1.807) is 0 Å². The number of carboxylic acid groups (broad SMARTS) is 1. The van der Waals surface area contributed by atoms with Crippen LogP contribution in [0.15, 0.2) is 0 Å². The Kier molecular flexibility index (Phi) is 3.04. The Morgan fingerprint density at radius 2 is 1.58 bits per heavy atom. The van der Waals surface area contributed by atoms with Gasteiger partial charge in [-0.05, 0) is 63.2 Å². The fourth-order valence-corrected chi connectivity index (χ4v) is 4.76. The van der Waals surface area contributed by atoms with Gasteiger partial charge in [-0.2, -0.15) is 0 Å². The first-order valence-corrected chi connectivity index (χ1v) is 7.27. The standard InChI is InChI=1S/C14H22N2O3/c1-8(12(17)18)15-16-13(19)14-5-9-2-10(6-14)4-11(3-9)7-14/h8-11,15H,2-7H2,1H3,(H,16,19)(H,17,18). The molecule has 4 rings (SSSR count). The first kappa shape index (κ1) is 12.9. The quantitative estimate of drug-likeness (QED) is 0.670. The van der Waals surface area contributed by atoms with E-state index >= 15 is 0 Å². The van der Waals surface area contributed by atoms with Crippen molar-refractivity contribution in [1.29, 1.82) is 0 Å². The van der Waals surface area contributed by atoms with Crippen molar-refractivity contribution in [2.45, 2.75) is 51.5 Å². The molecule has 5 nitrogen and oxygen atoms in total. The van der Waals surface area contributed by atoms with Crippen LogP contribution < -0.4 is 10.9 Å². The van der Waals surface area contributed by atoms with Gasteiger partial charge in [-0.25, -0.2) is 5.43 Å². The van der Waals surface area contributed by atoms with Gasteiger partial charge in [0.25, 0.3) is 0 Å². The van der Waals surface area contributed by atoms with E-state index in [4.69, 9.17) is 5.11 Å². The molecule has 106 valence electrons. The van der Waals surface area contributed by atoms with Gasteiger partial charge >= 0.3 is 5.97 Å². The largest absolute Gasteiger partial charge is 0.480 e. The molecule has 0 saturated heterocycles. The second-order valence-electron chi connectivity index (χ2n) is 6.86. The molecular formula is C14H22N2O3. The molecule has 4 saturated carbocycles. The number of hydrogen-bond acceptors (Lipinski definition) is 3. The van der Waals surface area contributed by atoms with Crippen molar-refractivity contribution in [3.63, 3.8) is 0 Å². The molecule has 19 heavy (non-hydrogen) atoms. The molecule has 1 atom stereocenters. The Morgan fingerprint density at radius 3 is 2.00 bits per heavy atom. The minimum Gasteiger partial charge on any atom is -0.480 e. The van der Waals surface area contributed by atoms with E-state index in [1.807, 2.05) is 0 Å². The summed E-state index contributed by atoms with van der Waals surface area (Å²) in [6.07, 6.45) is 6.87. The number of amides is 1. The van der Waals surface area contributed by atoms with Crippen LogP contribution in [0.25, 0.3) is 0 Å². The molecule has 4 aliphatic rings. The van der Waals surface area contributed by atoms with Gasteiger partial charge in [0.2, 0.25) is 5.91 Å². The molecule has 0 aromatic carbocycles. The van der Waals surface area contributed by atoms with Gasteiger partial charge in [-0.15, -0.1) is 0 Å². The van der Waals surface area contributed by atoms with E-state index in [0.29, 0.717) is 17.8 Å². The summed E-state index contributed by atoms with van der Waals surface area (Å²) in [5.41, 5.74) is 5.04. The monoisotopic (exact) mass is 266 g/mol. The minimum absolute atomic E-state index is 0.0136. The van der Waals surface area contributed by atoms with Gasteiger partial charge in [-0.3, -0.25) is 15.0 Å². The third kappa shape index (κ3) is 2.24. The minimum atomic E-state index is -0.953. The molecule has 0 spiro atoms. The first-order valence-electron chi connectivity index (χ1n) is 7.27. The lowest BCUT2D eigenvalue weighted by Crippen LogP contribution is -2.57. The van der Waals surface area contributed by atoms with Crippen molar-refractivity contribution < 1.29 is 14.7 Å². The van der Waals surface area contributed by atoms with Gasteiger partial charge in [0.15, 0.2) is 0 Å². The van der Waals surface area contributed by atoms with Crippen molar-refractivity contribution in [1.82, 2.24) is 10.9 Å². The maximum Gasteiger partial charge on any atom is 0.322 e. The van der Waals surface area contributed by atoms with Crippen LogP contribution in [0.3, 0.4) is 0 Å². The number of hydrazine groups is 1. The summed E-state index contributed by atoms with van der Waals surface area (Å²) in [7, 11) is 0. The third-order valence-corrected chi connectivity index (χ3v) is 5.29. The average Bonchev–Trinajstić information content (AvgIpc) is 2.33. The van der Waals surface area contributed by atoms with Crippen LogP contribution in [-0.2, 0) is 9.59 Å². The molecule has 0 radical (unpaired) electrons. The smallest absolute Gasteiger partial charge is 0.322 e. The van der Waals surface area contributed by atoms with E-state index in [0.717, 1.165) is 19.3 Å². The highest BCUT2D eigenvalue weighted by Crippen LogP contribution is 2.59. The first-order chi connectivity index (χ1) is 8.98. The molecular weight excluding hydrogens is 244 g/mol. The highest BCUT2D eigenvalue weighted by Gasteiger charge is 2.54. The van der Waals surface area contributed by atoms with Crippen LogP contribution >= 0.6 is 0 Å². The van der Waals surface area contributed by atoms with Crippen LogP contribution in [0.2, 0.25) is 0 Å². The maximum absolute atomic E-state index is 12.5. The number of rotatable bonds is 4. The van der Waals surface area contributed by atoms with Gasteiger partial charge in [-0.1, -0.05) is 0 Å². The van der Waals surface area contributed by atoms with Crippen LogP contribution in [0.4, 0.5) is 0 Å². The predicted molar refractivity (Wildman–Crippen MR) is 69.0 cm³/mol. The average molecular weight is 266 g/mol. The van der Waals surface area contributed by atoms with Crippen molar-refractivity contribution in [2.24, 2.45) is 23.2 Å². The van der Waals surface area contributed by atoms with Crippen LogP contribution in [0.5, 0.6) is 0 Å². The topological polar surface area (TPSA) is 78.4 Å². The molecule has 4 fully saturated rings. The molecule has 0 heterocycles. The van der Waals surface area contributed by atoms with Crippen LogP contribution in [0, 0.1) is 23.2 Å². The summed E-state index contributed by atoms with van der Waals surface area (Å²) in [6, 6.07) is -0.752. The van der Waals surface area contributed by atoms with Crippen molar-refractivity contribution >= 4 is 11.9 Å². The lowest BCUT2D eigenvalue weighted by molar-refractivity contribution is -0.148. The predicted octanol–water partition coefficient (Wildman–Crippen LogP) is 1.30. The van der Waals surface area contributed by atoms with Gasteiger partial charge in [0.05, 0.1) is 5.41 Å². The SMILES string of the molecule is CC(NNC(=O)C12CC3CC(CC(C3)C1)C2)C(=O)O. The van der Waals surface area contributed by atoms with E-state index in [1.165, 1.54) is 26.2 Å². The number of carbonyl (C=O) groups excluding carboxylic acids is 1. The molecule has 1 unspecified atom stereocenters. The summed E-state index contributed by atoms with van der Waals surface area (Å²) in [5, 5.41) is 8.82. The number of carbonyl (C=O) groups is 2. The van der Waals surface area contributed by atoms with Gasteiger partial charge in [0.1, 0.15) is 6.04 Å². The molecule has 0 aromatic heterocycles. The maximum atomic E-state index is 12.5. The molecule has 5 heteroatoms. The number of hydrogen-bond donors (Lipinski definition) is 3. The molecule has 4 aliphatic carbocycles. The summed E-state index contributed by atoms with van der Waals surface area (Å²) in [5.74, 6) is 1.21. The zero-order valence-electron chi connectivity index (χ0n) is 11.3. The lowest BCUT2D eigenvalue weighted by Gasteiger charge is -2.55. The number of nitrogens with one attached hydrogen (secondary N) is 2. The fourth-order valence-electron chi connectivity index (χ4n) is 4.76. The second kappa shape index (κ2) is 4.47. The molecule has 3 N–H and O–H groups in total. The Morgan fingerprint density at radius 1 is 1.11 bits per heavy atom. The Labute approximate surface area is 113 Å². The Balaban J connectivity index is 1.65. The fraction of sp³-hybridized carbons (Fsp3) is 0.857. The Hall–Kier alpha value is -1.10. The normalized spacial score (nSPS) is 41.0. The molecule has 0 aromatic rings. The van der Waals surface area contributed by atoms with Crippen molar-refractivity contribution in [3.05, 3.63) is 0 Å². The van der Waals surface area contributed by atoms with E-state index in [2.05, 4.69) is 10.9 Å². The summed E-state index contributed by atoms with van der Waals surface area (Å²) in [4.78, 5) is 23.2. The van der Waals surface area contributed by atoms with E-state index in [-0.39, 0.29) is 11.3 Å². The van der Waals surface area contributed by atoms with Gasteiger partial charge < -0.3 is 5.11 Å². The highest BCUT2D eigenvalue weighted by molar-refractivity contribution is 5.83. The molecule has 4 bridgehead atoms. The van der Waals surface area contributed by atoms with E-state index in [9.17, 15) is 9.59 Å². The summed E-state index contributed by atoms with van der Waals surface area (Å²) >= 11 is 0. The lowest BCUT2D eigenvalue weighted by atomic mass is 9.49. The molecule has 0 aliphatic heterocycles. The summed E-state index contributed by atoms with van der Waals surface area (Å²) in [6.45, 7) is 1.53. The molecule has 1 amide bonds. The number of aliphatic carboxylic acids is 1. The van der Waals surface area contributed by atoms with Crippen molar-refractivity contribution in [3.8, 4) is 0 Å². The van der Waals surface area contributed by atoms with E-state index < -0.39 is 12.0 Å². The van der Waals surface area contributed by atoms with Gasteiger partial charge in [0, 0.05) is 0 Å². The summed E-state index contributed by atoms with van der Waals surface area (Å²) < 4.78 is 0. The van der Waals surface area contributed by atoms with Crippen LogP contribution in [0.1, 0.15) is 45.4 Å². The zero-order chi connectivity index (χ0) is 13.6. The third-order valence-electron chi connectivity index (χ3n) is 5.29. The van der Waals surface area contributed by atoms with Crippen LogP contribution in [-0.4, -0.2) is 23.0 Å².